The zero-order valence-electron chi connectivity index (χ0n) is 9.72. The maximum atomic E-state index is 2.36. The van der Waals surface area contributed by atoms with Crippen LogP contribution in [-0.4, -0.2) is 0 Å². The van der Waals surface area contributed by atoms with Crippen molar-refractivity contribution in [3.8, 4) is 11.4 Å². The van der Waals surface area contributed by atoms with Gasteiger partial charge in [0.2, 0.25) is 12.1 Å². The molecule has 0 amide bonds. The van der Waals surface area contributed by atoms with Crippen molar-refractivity contribution in [3.05, 3.63) is 48.8 Å². The molecule has 3 heterocycles. The SMILES string of the molecule is CC1(C)C[n+]2ccccc2-c2cccc[n+]21. The molecule has 0 saturated heterocycles. The van der Waals surface area contributed by atoms with E-state index in [-0.39, 0.29) is 5.54 Å². The second-order valence-corrected chi connectivity index (χ2v) is 4.98. The molecule has 2 nitrogen and oxygen atoms in total. The predicted molar refractivity (Wildman–Crippen MR) is 61.6 cm³/mol. The van der Waals surface area contributed by atoms with Crippen LogP contribution in [0.2, 0.25) is 0 Å². The van der Waals surface area contributed by atoms with E-state index >= 15 is 0 Å². The van der Waals surface area contributed by atoms with Crippen molar-refractivity contribution in [2.24, 2.45) is 0 Å². The molecule has 2 heteroatoms. The Bertz CT molecular complexity index is 544. The molecule has 2 aromatic heterocycles. The molecule has 1 aliphatic heterocycles. The van der Waals surface area contributed by atoms with Gasteiger partial charge in [-0.3, -0.25) is 0 Å². The molecule has 0 bridgehead atoms. The summed E-state index contributed by atoms with van der Waals surface area (Å²) in [5, 5.41) is 0. The van der Waals surface area contributed by atoms with Gasteiger partial charge in [0.25, 0.3) is 11.4 Å². The second-order valence-electron chi connectivity index (χ2n) is 4.98. The largest absolute Gasteiger partial charge is 0.278 e. The van der Waals surface area contributed by atoms with Crippen LogP contribution in [-0.2, 0) is 12.1 Å². The summed E-state index contributed by atoms with van der Waals surface area (Å²) in [5.74, 6) is 0. The number of hydrogen-bond acceptors (Lipinski definition) is 0. The normalized spacial score (nSPS) is 16.4. The zero-order valence-corrected chi connectivity index (χ0v) is 9.72. The standard InChI is InChI=1S/C14H16N2/c1-14(2)11-15-9-5-3-7-12(15)13-8-4-6-10-16(13)14/h3-10H,11H2,1-2H3/q+2. The van der Waals surface area contributed by atoms with Crippen LogP contribution in [0, 0.1) is 0 Å². The smallest absolute Gasteiger partial charge is 0.186 e. The number of aromatic nitrogens is 2. The first-order chi connectivity index (χ1) is 7.68. The minimum absolute atomic E-state index is 0.135. The Labute approximate surface area is 95.8 Å². The van der Waals surface area contributed by atoms with Crippen molar-refractivity contribution in [3.63, 3.8) is 0 Å². The van der Waals surface area contributed by atoms with Crippen LogP contribution in [0.3, 0.4) is 0 Å². The molecule has 0 aromatic carbocycles. The Morgan fingerprint density at radius 3 is 2.44 bits per heavy atom. The van der Waals surface area contributed by atoms with E-state index in [4.69, 9.17) is 0 Å². The Morgan fingerprint density at radius 2 is 1.62 bits per heavy atom. The Balaban J connectivity index is 2.33. The van der Waals surface area contributed by atoms with Crippen LogP contribution >= 0.6 is 0 Å². The fourth-order valence-electron chi connectivity index (χ4n) is 2.52. The topological polar surface area (TPSA) is 7.76 Å². The first kappa shape index (κ1) is 9.52. The van der Waals surface area contributed by atoms with Gasteiger partial charge in [0.15, 0.2) is 12.4 Å². The van der Waals surface area contributed by atoms with Gasteiger partial charge in [-0.25, -0.2) is 0 Å². The molecule has 2 aromatic rings. The zero-order chi connectivity index (χ0) is 11.2. The summed E-state index contributed by atoms with van der Waals surface area (Å²) in [6.45, 7) is 5.57. The molecule has 0 spiro atoms. The van der Waals surface area contributed by atoms with Gasteiger partial charge in [-0.1, -0.05) is 0 Å². The van der Waals surface area contributed by atoms with Gasteiger partial charge in [-0.15, -0.1) is 0 Å². The quantitative estimate of drug-likeness (QED) is 0.587. The Hall–Kier alpha value is -1.70. The summed E-state index contributed by atoms with van der Waals surface area (Å²) >= 11 is 0. The van der Waals surface area contributed by atoms with Crippen LogP contribution < -0.4 is 9.13 Å². The van der Waals surface area contributed by atoms with Crippen molar-refractivity contribution in [1.82, 2.24) is 0 Å². The molecule has 0 aliphatic carbocycles. The molecule has 0 N–H and O–H groups in total. The van der Waals surface area contributed by atoms with Gasteiger partial charge < -0.3 is 0 Å². The minimum atomic E-state index is 0.135. The highest BCUT2D eigenvalue weighted by Gasteiger charge is 2.43. The van der Waals surface area contributed by atoms with Gasteiger partial charge in [-0.05, 0) is 12.1 Å². The van der Waals surface area contributed by atoms with E-state index in [9.17, 15) is 0 Å². The molecule has 16 heavy (non-hydrogen) atoms. The van der Waals surface area contributed by atoms with E-state index in [0.29, 0.717) is 0 Å². The van der Waals surface area contributed by atoms with E-state index in [2.05, 4.69) is 71.8 Å². The van der Waals surface area contributed by atoms with Crippen molar-refractivity contribution < 1.29 is 9.13 Å². The summed E-state index contributed by atoms with van der Waals surface area (Å²) in [7, 11) is 0. The predicted octanol–water partition coefficient (Wildman–Crippen LogP) is 1.68. The first-order valence-electron chi connectivity index (χ1n) is 5.68. The number of fused-ring (bicyclic) bond motifs is 3. The fourth-order valence-corrected chi connectivity index (χ4v) is 2.52. The lowest BCUT2D eigenvalue weighted by molar-refractivity contribution is -0.841. The van der Waals surface area contributed by atoms with E-state index in [1.165, 1.54) is 11.4 Å². The average molecular weight is 212 g/mol. The molecular weight excluding hydrogens is 196 g/mol. The van der Waals surface area contributed by atoms with E-state index in [1.807, 2.05) is 0 Å². The molecule has 1 aliphatic rings. The van der Waals surface area contributed by atoms with Crippen molar-refractivity contribution in [1.29, 1.82) is 0 Å². The molecule has 80 valence electrons. The summed E-state index contributed by atoms with van der Waals surface area (Å²) in [4.78, 5) is 0. The first-order valence-corrected chi connectivity index (χ1v) is 5.68. The number of rotatable bonds is 0. The van der Waals surface area contributed by atoms with Gasteiger partial charge in [0.05, 0.1) is 0 Å². The van der Waals surface area contributed by atoms with E-state index in [1.54, 1.807) is 0 Å². The van der Waals surface area contributed by atoms with Crippen LogP contribution in [0.1, 0.15) is 13.8 Å². The van der Waals surface area contributed by atoms with Crippen molar-refractivity contribution in [2.75, 3.05) is 0 Å². The van der Waals surface area contributed by atoms with Crippen LogP contribution in [0.4, 0.5) is 0 Å². The van der Waals surface area contributed by atoms with Gasteiger partial charge in [0.1, 0.15) is 0 Å². The maximum absolute atomic E-state index is 2.36. The lowest BCUT2D eigenvalue weighted by Gasteiger charge is -2.22. The highest BCUT2D eigenvalue weighted by molar-refractivity contribution is 5.46. The summed E-state index contributed by atoms with van der Waals surface area (Å²) < 4.78 is 4.69. The maximum Gasteiger partial charge on any atom is 0.278 e. The molecule has 0 radical (unpaired) electrons. The molecule has 0 saturated carbocycles. The van der Waals surface area contributed by atoms with Crippen LogP contribution in [0.25, 0.3) is 11.4 Å². The highest BCUT2D eigenvalue weighted by atomic mass is 15.2. The van der Waals surface area contributed by atoms with E-state index < -0.39 is 0 Å². The molecule has 0 fully saturated rings. The third-order valence-corrected chi connectivity index (χ3v) is 3.27. The molecule has 0 unspecified atom stereocenters. The third kappa shape index (κ3) is 1.26. The van der Waals surface area contributed by atoms with Crippen LogP contribution in [0.15, 0.2) is 48.8 Å². The van der Waals surface area contributed by atoms with Gasteiger partial charge in [0, 0.05) is 38.1 Å². The lowest BCUT2D eigenvalue weighted by Crippen LogP contribution is -2.65. The number of pyridine rings is 2. The van der Waals surface area contributed by atoms with Crippen molar-refractivity contribution in [2.45, 2.75) is 25.9 Å². The lowest BCUT2D eigenvalue weighted by atomic mass is 9.99. The summed E-state index contributed by atoms with van der Waals surface area (Å²) in [6, 6.07) is 12.8. The summed E-state index contributed by atoms with van der Waals surface area (Å²) in [5.41, 5.74) is 2.72. The highest BCUT2D eigenvalue weighted by Crippen LogP contribution is 2.20. The fraction of sp³-hybridized carbons (Fsp3) is 0.286. The third-order valence-electron chi connectivity index (χ3n) is 3.27. The van der Waals surface area contributed by atoms with Crippen LogP contribution in [0.5, 0.6) is 0 Å². The Kier molecular flexibility index (Phi) is 1.87. The average Bonchev–Trinajstić information content (AvgIpc) is 2.29. The minimum Gasteiger partial charge on any atom is -0.186 e. The van der Waals surface area contributed by atoms with Gasteiger partial charge >= 0.3 is 0 Å². The van der Waals surface area contributed by atoms with E-state index in [0.717, 1.165) is 6.54 Å². The second kappa shape index (κ2) is 3.14. The molecule has 0 atom stereocenters. The number of nitrogens with zero attached hydrogens (tertiary/aromatic N) is 2. The summed E-state index contributed by atoms with van der Waals surface area (Å²) in [6.07, 6.45) is 4.33. The molecular formula is C14H16N2+2. The number of hydrogen-bond donors (Lipinski definition) is 0. The van der Waals surface area contributed by atoms with Crippen molar-refractivity contribution >= 4 is 0 Å². The molecule has 3 rings (SSSR count). The Morgan fingerprint density at radius 1 is 0.938 bits per heavy atom. The monoisotopic (exact) mass is 212 g/mol. The van der Waals surface area contributed by atoms with Gasteiger partial charge in [-0.2, -0.15) is 9.13 Å².